The van der Waals surface area contributed by atoms with Gasteiger partial charge in [0.1, 0.15) is 6.26 Å². The highest BCUT2D eigenvalue weighted by Gasteiger charge is 2.35. The van der Waals surface area contributed by atoms with E-state index in [-0.39, 0.29) is 0 Å². The molecule has 2 aromatic rings. The van der Waals surface area contributed by atoms with Crippen LogP contribution in [-0.4, -0.2) is 35.6 Å². The monoisotopic (exact) mass is 283 g/mol. The minimum Gasteiger partial charge on any atom is -0.444 e. The SMILES string of the molecule is c1ccc(-c2nc(CN3CCCC4CNCC43)co2)cc1. The summed E-state index contributed by atoms with van der Waals surface area (Å²) in [7, 11) is 0. The molecule has 4 rings (SSSR count). The smallest absolute Gasteiger partial charge is 0.226 e. The molecule has 3 heterocycles. The molecule has 1 aromatic carbocycles. The predicted molar refractivity (Wildman–Crippen MR) is 81.7 cm³/mol. The molecule has 2 aliphatic heterocycles. The van der Waals surface area contributed by atoms with Crippen molar-refractivity contribution in [3.05, 3.63) is 42.3 Å². The Morgan fingerprint density at radius 1 is 1.24 bits per heavy atom. The Hall–Kier alpha value is -1.65. The summed E-state index contributed by atoms with van der Waals surface area (Å²) in [5, 5.41) is 3.53. The standard InChI is InChI=1S/C17H21N3O/c1-2-5-13(6-3-1)17-19-15(12-21-17)11-20-8-4-7-14-9-18-10-16(14)20/h1-3,5-6,12,14,16,18H,4,7-11H2. The van der Waals surface area contributed by atoms with Gasteiger partial charge >= 0.3 is 0 Å². The second-order valence-electron chi connectivity index (χ2n) is 6.11. The number of piperidine rings is 1. The number of nitrogens with one attached hydrogen (secondary N) is 1. The van der Waals surface area contributed by atoms with Crippen molar-refractivity contribution in [2.45, 2.75) is 25.4 Å². The molecule has 0 amide bonds. The molecule has 110 valence electrons. The third-order valence-corrected chi connectivity index (χ3v) is 4.73. The molecule has 2 unspecified atom stereocenters. The zero-order valence-corrected chi connectivity index (χ0v) is 12.2. The van der Waals surface area contributed by atoms with Crippen LogP contribution in [0.4, 0.5) is 0 Å². The van der Waals surface area contributed by atoms with Gasteiger partial charge in [-0.3, -0.25) is 4.90 Å². The Bertz CT molecular complexity index is 595. The van der Waals surface area contributed by atoms with E-state index in [1.165, 1.54) is 25.9 Å². The number of oxazole rings is 1. The lowest BCUT2D eigenvalue weighted by atomic mass is 9.92. The molecule has 4 nitrogen and oxygen atoms in total. The van der Waals surface area contributed by atoms with Crippen LogP contribution in [0.5, 0.6) is 0 Å². The first kappa shape index (κ1) is 13.0. The molecule has 2 fully saturated rings. The van der Waals surface area contributed by atoms with Crippen molar-refractivity contribution in [2.75, 3.05) is 19.6 Å². The van der Waals surface area contributed by atoms with Crippen molar-refractivity contribution < 1.29 is 4.42 Å². The molecule has 0 bridgehead atoms. The molecule has 21 heavy (non-hydrogen) atoms. The van der Waals surface area contributed by atoms with Crippen LogP contribution in [0, 0.1) is 5.92 Å². The van der Waals surface area contributed by atoms with Crippen molar-refractivity contribution in [1.29, 1.82) is 0 Å². The third kappa shape index (κ3) is 2.61. The first-order valence-corrected chi connectivity index (χ1v) is 7.85. The van der Waals surface area contributed by atoms with E-state index < -0.39 is 0 Å². The van der Waals surface area contributed by atoms with E-state index in [4.69, 9.17) is 4.42 Å². The normalized spacial score (nSPS) is 25.9. The van der Waals surface area contributed by atoms with Crippen molar-refractivity contribution in [3.8, 4) is 11.5 Å². The fourth-order valence-corrected chi connectivity index (χ4v) is 3.66. The number of hydrogen-bond acceptors (Lipinski definition) is 4. The fourth-order valence-electron chi connectivity index (χ4n) is 3.66. The Kier molecular flexibility index (Phi) is 3.49. The van der Waals surface area contributed by atoms with Crippen molar-refractivity contribution in [3.63, 3.8) is 0 Å². The molecule has 1 N–H and O–H groups in total. The summed E-state index contributed by atoms with van der Waals surface area (Å²) >= 11 is 0. The van der Waals surface area contributed by atoms with E-state index in [1.807, 2.05) is 36.6 Å². The lowest BCUT2D eigenvalue weighted by Gasteiger charge is -2.36. The van der Waals surface area contributed by atoms with Crippen LogP contribution >= 0.6 is 0 Å². The number of rotatable bonds is 3. The summed E-state index contributed by atoms with van der Waals surface area (Å²) in [5.41, 5.74) is 2.09. The van der Waals surface area contributed by atoms with E-state index in [0.717, 1.165) is 36.2 Å². The highest BCUT2D eigenvalue weighted by atomic mass is 16.3. The first-order chi connectivity index (χ1) is 10.4. The van der Waals surface area contributed by atoms with Crippen LogP contribution in [0.1, 0.15) is 18.5 Å². The van der Waals surface area contributed by atoms with Gasteiger partial charge in [0.05, 0.1) is 5.69 Å². The van der Waals surface area contributed by atoms with Gasteiger partial charge in [-0.15, -0.1) is 0 Å². The van der Waals surface area contributed by atoms with Gasteiger partial charge in [0, 0.05) is 24.7 Å². The molecule has 0 spiro atoms. The zero-order chi connectivity index (χ0) is 14.1. The molecule has 1 aromatic heterocycles. The summed E-state index contributed by atoms with van der Waals surface area (Å²) in [6, 6.07) is 10.8. The van der Waals surface area contributed by atoms with Crippen molar-refractivity contribution in [1.82, 2.24) is 15.2 Å². The zero-order valence-electron chi connectivity index (χ0n) is 12.2. The van der Waals surface area contributed by atoms with Crippen LogP contribution in [-0.2, 0) is 6.54 Å². The number of fused-ring (bicyclic) bond motifs is 1. The summed E-state index contributed by atoms with van der Waals surface area (Å²) in [6.45, 7) is 4.37. The largest absolute Gasteiger partial charge is 0.444 e. The second kappa shape index (κ2) is 5.62. The maximum atomic E-state index is 5.65. The van der Waals surface area contributed by atoms with Gasteiger partial charge < -0.3 is 9.73 Å². The highest BCUT2D eigenvalue weighted by Crippen LogP contribution is 2.28. The Labute approximate surface area is 125 Å². The topological polar surface area (TPSA) is 41.3 Å². The lowest BCUT2D eigenvalue weighted by molar-refractivity contribution is 0.116. The average Bonchev–Trinajstić information content (AvgIpc) is 3.17. The number of hydrogen-bond donors (Lipinski definition) is 1. The van der Waals surface area contributed by atoms with Crippen LogP contribution < -0.4 is 5.32 Å². The van der Waals surface area contributed by atoms with E-state index in [9.17, 15) is 0 Å². The summed E-state index contributed by atoms with van der Waals surface area (Å²) in [6.07, 6.45) is 4.48. The van der Waals surface area contributed by atoms with Crippen LogP contribution in [0.3, 0.4) is 0 Å². The van der Waals surface area contributed by atoms with Crippen LogP contribution in [0.25, 0.3) is 11.5 Å². The quantitative estimate of drug-likeness (QED) is 0.940. The van der Waals surface area contributed by atoms with Gasteiger partial charge in [-0.25, -0.2) is 4.98 Å². The molecule has 2 saturated heterocycles. The molecule has 2 aliphatic rings. The molecular weight excluding hydrogens is 262 g/mol. The minimum absolute atomic E-state index is 0.677. The number of benzene rings is 1. The van der Waals surface area contributed by atoms with E-state index >= 15 is 0 Å². The molecule has 0 radical (unpaired) electrons. The number of aromatic nitrogens is 1. The first-order valence-electron chi connectivity index (χ1n) is 7.85. The van der Waals surface area contributed by atoms with Gasteiger partial charge in [0.2, 0.25) is 5.89 Å². The summed E-state index contributed by atoms with van der Waals surface area (Å²) in [4.78, 5) is 7.23. The van der Waals surface area contributed by atoms with Crippen LogP contribution in [0.2, 0.25) is 0 Å². The molecule has 0 saturated carbocycles. The summed E-state index contributed by atoms with van der Waals surface area (Å²) < 4.78 is 5.65. The van der Waals surface area contributed by atoms with Gasteiger partial charge in [-0.1, -0.05) is 18.2 Å². The second-order valence-corrected chi connectivity index (χ2v) is 6.11. The maximum absolute atomic E-state index is 5.65. The molecule has 0 aliphatic carbocycles. The summed E-state index contributed by atoms with van der Waals surface area (Å²) in [5.74, 6) is 1.54. The number of likely N-dealkylation sites (tertiary alicyclic amines) is 1. The van der Waals surface area contributed by atoms with E-state index in [1.54, 1.807) is 0 Å². The highest BCUT2D eigenvalue weighted by molar-refractivity contribution is 5.52. The minimum atomic E-state index is 0.677. The fraction of sp³-hybridized carbons (Fsp3) is 0.471. The van der Waals surface area contributed by atoms with Gasteiger partial charge in [-0.05, 0) is 44.0 Å². The average molecular weight is 283 g/mol. The van der Waals surface area contributed by atoms with Crippen molar-refractivity contribution in [2.24, 2.45) is 5.92 Å². The number of nitrogens with zero attached hydrogens (tertiary/aromatic N) is 2. The Morgan fingerprint density at radius 3 is 3.05 bits per heavy atom. The Morgan fingerprint density at radius 2 is 2.14 bits per heavy atom. The molecule has 2 atom stereocenters. The molecule has 4 heteroatoms. The lowest BCUT2D eigenvalue weighted by Crippen LogP contribution is -2.44. The van der Waals surface area contributed by atoms with E-state index in [0.29, 0.717) is 6.04 Å². The van der Waals surface area contributed by atoms with Crippen LogP contribution in [0.15, 0.2) is 41.0 Å². The van der Waals surface area contributed by atoms with Gasteiger partial charge in [-0.2, -0.15) is 0 Å². The van der Waals surface area contributed by atoms with Crippen molar-refractivity contribution >= 4 is 0 Å². The predicted octanol–water partition coefficient (Wildman–Crippen LogP) is 2.53. The van der Waals surface area contributed by atoms with Gasteiger partial charge in [0.25, 0.3) is 0 Å². The van der Waals surface area contributed by atoms with E-state index in [2.05, 4.69) is 15.2 Å². The molecular formula is C17H21N3O. The third-order valence-electron chi connectivity index (χ3n) is 4.73. The maximum Gasteiger partial charge on any atom is 0.226 e. The Balaban J connectivity index is 1.49. The van der Waals surface area contributed by atoms with Gasteiger partial charge in [0.15, 0.2) is 0 Å².